The molecular weight excluding hydrogens is 406 g/mol. The molecule has 6 nitrogen and oxygen atoms in total. The van der Waals surface area contributed by atoms with Gasteiger partial charge < -0.3 is 4.90 Å². The largest absolute Gasteiger partial charge is 0.325 e. The molecule has 0 spiro atoms. The molecule has 1 atom stereocenters. The van der Waals surface area contributed by atoms with Gasteiger partial charge in [-0.1, -0.05) is 42.5 Å². The van der Waals surface area contributed by atoms with Gasteiger partial charge in [0.25, 0.3) is 5.91 Å². The lowest BCUT2D eigenvalue weighted by Crippen LogP contribution is -3.15. The first-order valence-electron chi connectivity index (χ1n) is 9.81. The third-order valence-corrected chi connectivity index (χ3v) is 8.03. The zero-order valence-corrected chi connectivity index (χ0v) is 18.1. The number of rotatable bonds is 4. The Morgan fingerprint density at radius 1 is 1.07 bits per heavy atom. The Hall–Kier alpha value is -1.87. The second-order valence-corrected chi connectivity index (χ2v) is 10.6. The molecule has 0 saturated carbocycles. The third-order valence-electron chi connectivity index (χ3n) is 5.59. The highest BCUT2D eigenvalue weighted by Crippen LogP contribution is 2.42. The molecular formula is C21H26N3O3S2+. The predicted molar refractivity (Wildman–Crippen MR) is 116 cm³/mol. The number of fused-ring (bicyclic) bond motifs is 1. The van der Waals surface area contributed by atoms with E-state index in [2.05, 4.69) is 18.2 Å². The Kier molecular flexibility index (Phi) is 5.96. The number of carbonyl (C=O) groups excluding carboxylic acids is 1. The molecule has 4 rings (SSSR count). The molecule has 0 radical (unpaired) electrons. The molecule has 2 aliphatic heterocycles. The number of benzene rings is 2. The number of piperazine rings is 1. The fourth-order valence-electron chi connectivity index (χ4n) is 4.03. The van der Waals surface area contributed by atoms with Crippen LogP contribution in [0.1, 0.15) is 11.6 Å². The number of hydrogen-bond acceptors (Lipinski definition) is 4. The zero-order chi connectivity index (χ0) is 20.4. The highest BCUT2D eigenvalue weighted by atomic mass is 32.2. The molecule has 154 valence electrons. The number of para-hydroxylation sites is 1. The average molecular weight is 433 g/mol. The maximum absolute atomic E-state index is 13.5. The van der Waals surface area contributed by atoms with Gasteiger partial charge in [-0.25, -0.2) is 8.42 Å². The lowest BCUT2D eigenvalue weighted by Gasteiger charge is -2.38. The van der Waals surface area contributed by atoms with Crippen LogP contribution in [0.4, 0.5) is 5.69 Å². The van der Waals surface area contributed by atoms with Crippen LogP contribution < -0.4 is 9.80 Å². The first kappa shape index (κ1) is 20.4. The van der Waals surface area contributed by atoms with Gasteiger partial charge in [-0.15, -0.1) is 11.8 Å². The van der Waals surface area contributed by atoms with Crippen molar-refractivity contribution in [2.75, 3.05) is 49.6 Å². The molecule has 2 aromatic carbocycles. The van der Waals surface area contributed by atoms with Crippen LogP contribution in [-0.2, 0) is 14.8 Å². The molecule has 1 amide bonds. The first-order valence-corrected chi connectivity index (χ1v) is 12.6. The minimum Gasteiger partial charge on any atom is -0.325 e. The van der Waals surface area contributed by atoms with Crippen molar-refractivity contribution < 1.29 is 18.1 Å². The predicted octanol–water partition coefficient (Wildman–Crippen LogP) is 1.03. The van der Waals surface area contributed by atoms with Gasteiger partial charge in [0.1, 0.15) is 0 Å². The minimum atomic E-state index is -3.16. The summed E-state index contributed by atoms with van der Waals surface area (Å²) in [7, 11) is -3.16. The fourth-order valence-corrected chi connectivity index (χ4v) is 6.04. The smallest absolute Gasteiger partial charge is 0.282 e. The average Bonchev–Trinajstić information content (AvgIpc) is 2.73. The van der Waals surface area contributed by atoms with E-state index in [1.807, 2.05) is 41.3 Å². The molecule has 29 heavy (non-hydrogen) atoms. The van der Waals surface area contributed by atoms with Crippen molar-refractivity contribution >= 4 is 33.4 Å². The summed E-state index contributed by atoms with van der Waals surface area (Å²) < 4.78 is 25.0. The number of thioether (sulfide) groups is 1. The Balaban J connectivity index is 1.54. The summed E-state index contributed by atoms with van der Waals surface area (Å²) in [6.07, 6.45) is 1.25. The van der Waals surface area contributed by atoms with Gasteiger partial charge in [-0.3, -0.25) is 9.69 Å². The topological polar surface area (TPSA) is 62.1 Å². The molecule has 2 aromatic rings. The summed E-state index contributed by atoms with van der Waals surface area (Å²) in [5, 5.41) is 0. The standard InChI is InChI=1S/C21H25N3O3S2/c1-29(26,27)23-13-11-22(12-14-23)15-21(25)24-18-9-5-6-10-20(18)28-16-19(24)17-7-3-2-4-8-17/h2-10,19H,11-16H2,1H3/p+1. The Morgan fingerprint density at radius 2 is 1.72 bits per heavy atom. The van der Waals surface area contributed by atoms with Crippen LogP contribution in [0.2, 0.25) is 0 Å². The molecule has 2 aliphatic rings. The monoisotopic (exact) mass is 432 g/mol. The summed E-state index contributed by atoms with van der Waals surface area (Å²) in [5.41, 5.74) is 2.11. The quantitative estimate of drug-likeness (QED) is 0.784. The maximum Gasteiger partial charge on any atom is 0.282 e. The van der Waals surface area contributed by atoms with Crippen molar-refractivity contribution in [2.24, 2.45) is 0 Å². The van der Waals surface area contributed by atoms with Gasteiger partial charge in [-0.05, 0) is 17.7 Å². The fraction of sp³-hybridized carbons (Fsp3) is 0.381. The van der Waals surface area contributed by atoms with Crippen molar-refractivity contribution in [3.8, 4) is 0 Å². The van der Waals surface area contributed by atoms with Gasteiger partial charge in [0.05, 0.1) is 44.2 Å². The van der Waals surface area contributed by atoms with Crippen molar-refractivity contribution in [3.05, 3.63) is 60.2 Å². The normalized spacial score (nSPS) is 21.0. The van der Waals surface area contributed by atoms with Gasteiger partial charge in [0, 0.05) is 10.6 Å². The van der Waals surface area contributed by atoms with E-state index in [1.165, 1.54) is 10.6 Å². The number of carbonyl (C=O) groups is 1. The molecule has 1 N–H and O–H groups in total. The van der Waals surface area contributed by atoms with Gasteiger partial charge >= 0.3 is 0 Å². The van der Waals surface area contributed by atoms with E-state index >= 15 is 0 Å². The summed E-state index contributed by atoms with van der Waals surface area (Å²) in [5.74, 6) is 0.915. The Morgan fingerprint density at radius 3 is 2.41 bits per heavy atom. The summed E-state index contributed by atoms with van der Waals surface area (Å²) in [6, 6.07) is 18.3. The van der Waals surface area contributed by atoms with Gasteiger partial charge in [0.15, 0.2) is 6.54 Å². The van der Waals surface area contributed by atoms with E-state index in [9.17, 15) is 13.2 Å². The molecule has 8 heteroatoms. The van der Waals surface area contributed by atoms with Crippen molar-refractivity contribution in [1.29, 1.82) is 0 Å². The minimum absolute atomic E-state index is 0.000286. The number of sulfonamides is 1. The van der Waals surface area contributed by atoms with Crippen LogP contribution >= 0.6 is 11.8 Å². The summed E-state index contributed by atoms with van der Waals surface area (Å²) >= 11 is 1.79. The number of nitrogens with zero attached hydrogens (tertiary/aromatic N) is 2. The molecule has 0 aromatic heterocycles. The molecule has 0 aliphatic carbocycles. The van der Waals surface area contributed by atoms with E-state index in [1.54, 1.807) is 11.8 Å². The van der Waals surface area contributed by atoms with E-state index in [0.29, 0.717) is 32.7 Å². The molecule has 1 unspecified atom stereocenters. The highest BCUT2D eigenvalue weighted by Gasteiger charge is 2.35. The molecule has 2 heterocycles. The highest BCUT2D eigenvalue weighted by molar-refractivity contribution is 7.99. The van der Waals surface area contributed by atoms with Crippen LogP contribution in [0.15, 0.2) is 59.5 Å². The van der Waals surface area contributed by atoms with E-state index in [4.69, 9.17) is 0 Å². The van der Waals surface area contributed by atoms with Gasteiger partial charge in [-0.2, -0.15) is 4.31 Å². The number of anilines is 1. The van der Waals surface area contributed by atoms with E-state index in [0.717, 1.165) is 26.8 Å². The third kappa shape index (κ3) is 4.50. The SMILES string of the molecule is CS(=O)(=O)N1CC[NH+](CC(=O)N2c3ccccc3SCC2c2ccccc2)CC1. The van der Waals surface area contributed by atoms with Crippen LogP contribution in [0.25, 0.3) is 0 Å². The van der Waals surface area contributed by atoms with Crippen molar-refractivity contribution in [3.63, 3.8) is 0 Å². The van der Waals surface area contributed by atoms with E-state index < -0.39 is 10.0 Å². The Bertz CT molecular complexity index is 974. The lowest BCUT2D eigenvalue weighted by atomic mass is 10.1. The summed E-state index contributed by atoms with van der Waals surface area (Å²) in [6.45, 7) is 2.62. The number of hydrogen-bond donors (Lipinski definition) is 1. The van der Waals surface area contributed by atoms with Crippen molar-refractivity contribution in [2.45, 2.75) is 10.9 Å². The van der Waals surface area contributed by atoms with Crippen LogP contribution in [0, 0.1) is 0 Å². The maximum atomic E-state index is 13.5. The second-order valence-electron chi connectivity index (χ2n) is 7.56. The number of nitrogens with one attached hydrogen (secondary N) is 1. The number of amides is 1. The molecule has 0 bridgehead atoms. The van der Waals surface area contributed by atoms with E-state index in [-0.39, 0.29) is 11.9 Å². The Labute approximate surface area is 176 Å². The summed E-state index contributed by atoms with van der Waals surface area (Å²) in [4.78, 5) is 17.7. The molecule has 1 fully saturated rings. The van der Waals surface area contributed by atoms with Crippen LogP contribution in [0.3, 0.4) is 0 Å². The zero-order valence-electron chi connectivity index (χ0n) is 16.5. The molecule has 1 saturated heterocycles. The van der Waals surface area contributed by atoms with Crippen LogP contribution in [0.5, 0.6) is 0 Å². The lowest BCUT2D eigenvalue weighted by molar-refractivity contribution is -0.895. The second kappa shape index (κ2) is 8.47. The van der Waals surface area contributed by atoms with Gasteiger partial charge in [0.2, 0.25) is 10.0 Å². The van der Waals surface area contributed by atoms with Crippen LogP contribution in [-0.4, -0.2) is 63.4 Å². The number of quaternary nitrogens is 1. The van der Waals surface area contributed by atoms with Crippen molar-refractivity contribution in [1.82, 2.24) is 4.31 Å². The first-order chi connectivity index (χ1) is 13.9.